The molecule has 0 aromatic carbocycles. The van der Waals surface area contributed by atoms with Crippen molar-refractivity contribution in [1.82, 2.24) is 10.2 Å². The summed E-state index contributed by atoms with van der Waals surface area (Å²) in [6.07, 6.45) is 5.64. The Bertz CT molecular complexity index is 220. The van der Waals surface area contributed by atoms with E-state index in [-0.39, 0.29) is 0 Å². The molecule has 1 heterocycles. The van der Waals surface area contributed by atoms with Gasteiger partial charge in [0.25, 0.3) is 0 Å². The van der Waals surface area contributed by atoms with Gasteiger partial charge in [-0.3, -0.25) is 4.90 Å². The average Bonchev–Trinajstić information content (AvgIpc) is 2.83. The Kier molecular flexibility index (Phi) is 4.22. The highest BCUT2D eigenvalue weighted by Gasteiger charge is 2.33. The van der Waals surface area contributed by atoms with Gasteiger partial charge >= 0.3 is 0 Å². The largest absolute Gasteiger partial charge is 0.381 e. The number of hydrogen-bond acceptors (Lipinski definition) is 3. The maximum Gasteiger partial charge on any atom is 0.0586 e. The topological polar surface area (TPSA) is 24.5 Å². The van der Waals surface area contributed by atoms with Crippen molar-refractivity contribution in [1.29, 1.82) is 0 Å². The highest BCUT2D eigenvalue weighted by atomic mass is 16.5. The highest BCUT2D eigenvalue weighted by molar-refractivity contribution is 4.90. The maximum atomic E-state index is 5.45. The first kappa shape index (κ1) is 12.3. The van der Waals surface area contributed by atoms with E-state index in [0.717, 1.165) is 6.04 Å². The molecule has 2 rings (SSSR count). The molecule has 0 aromatic heterocycles. The molecule has 16 heavy (non-hydrogen) atoms. The van der Waals surface area contributed by atoms with Crippen molar-refractivity contribution in [3.8, 4) is 0 Å². The van der Waals surface area contributed by atoms with Gasteiger partial charge in [0, 0.05) is 38.3 Å². The summed E-state index contributed by atoms with van der Waals surface area (Å²) in [5, 5.41) is 3.65. The summed E-state index contributed by atoms with van der Waals surface area (Å²) in [4.78, 5) is 2.67. The van der Waals surface area contributed by atoms with Crippen LogP contribution >= 0.6 is 0 Å². The summed E-state index contributed by atoms with van der Waals surface area (Å²) in [6, 6.07) is 2.10. The van der Waals surface area contributed by atoms with Gasteiger partial charge in [-0.1, -0.05) is 13.8 Å². The van der Waals surface area contributed by atoms with E-state index in [0.29, 0.717) is 18.2 Å². The van der Waals surface area contributed by atoms with Crippen LogP contribution in [0.4, 0.5) is 0 Å². The normalized spacial score (nSPS) is 36.4. The fourth-order valence-corrected chi connectivity index (χ4v) is 3.19. The SMILES string of the molecule is COC1CCC(N2CCC(NC(C)C)C2)C1. The highest BCUT2D eigenvalue weighted by Crippen LogP contribution is 2.28. The van der Waals surface area contributed by atoms with Gasteiger partial charge in [-0.15, -0.1) is 0 Å². The van der Waals surface area contributed by atoms with E-state index in [4.69, 9.17) is 4.74 Å². The molecule has 2 fully saturated rings. The van der Waals surface area contributed by atoms with Gasteiger partial charge in [-0.2, -0.15) is 0 Å². The molecule has 3 nitrogen and oxygen atoms in total. The minimum Gasteiger partial charge on any atom is -0.381 e. The van der Waals surface area contributed by atoms with Crippen LogP contribution in [-0.4, -0.2) is 49.3 Å². The zero-order valence-corrected chi connectivity index (χ0v) is 10.9. The molecular weight excluding hydrogens is 200 g/mol. The lowest BCUT2D eigenvalue weighted by Crippen LogP contribution is -2.39. The smallest absolute Gasteiger partial charge is 0.0586 e. The van der Waals surface area contributed by atoms with Crippen LogP contribution in [0.1, 0.15) is 39.5 Å². The molecule has 3 heteroatoms. The summed E-state index contributed by atoms with van der Waals surface area (Å²) in [7, 11) is 1.85. The molecule has 0 aromatic rings. The summed E-state index contributed by atoms with van der Waals surface area (Å²) in [5.74, 6) is 0. The second-order valence-electron chi connectivity index (χ2n) is 5.63. The van der Waals surface area contributed by atoms with Gasteiger partial charge in [-0.05, 0) is 25.7 Å². The molecule has 0 bridgehead atoms. The van der Waals surface area contributed by atoms with E-state index in [1.54, 1.807) is 0 Å². The van der Waals surface area contributed by atoms with Crippen LogP contribution in [0.3, 0.4) is 0 Å². The minimum absolute atomic E-state index is 0.516. The molecular formula is C13H26N2O. The van der Waals surface area contributed by atoms with Crippen molar-refractivity contribution >= 4 is 0 Å². The lowest BCUT2D eigenvalue weighted by Gasteiger charge is -2.24. The van der Waals surface area contributed by atoms with Crippen molar-refractivity contribution in [2.75, 3.05) is 20.2 Å². The summed E-state index contributed by atoms with van der Waals surface area (Å²) < 4.78 is 5.45. The van der Waals surface area contributed by atoms with Crippen molar-refractivity contribution in [2.24, 2.45) is 0 Å². The molecule has 0 radical (unpaired) electrons. The third kappa shape index (κ3) is 2.96. The van der Waals surface area contributed by atoms with Crippen LogP contribution in [-0.2, 0) is 4.74 Å². The van der Waals surface area contributed by atoms with Gasteiger partial charge in [0.2, 0.25) is 0 Å². The number of nitrogens with one attached hydrogen (secondary N) is 1. The Morgan fingerprint density at radius 3 is 2.69 bits per heavy atom. The fraction of sp³-hybridized carbons (Fsp3) is 1.00. The molecule has 2 aliphatic rings. The first-order chi connectivity index (χ1) is 7.69. The molecule has 0 spiro atoms. The number of methoxy groups -OCH3 is 1. The van der Waals surface area contributed by atoms with Crippen molar-refractivity contribution < 1.29 is 4.74 Å². The Hall–Kier alpha value is -0.120. The standard InChI is InChI=1S/C13H26N2O/c1-10(2)14-11-6-7-15(9-11)12-4-5-13(8-12)16-3/h10-14H,4-9H2,1-3H3. The predicted molar refractivity (Wildman–Crippen MR) is 66.7 cm³/mol. The lowest BCUT2D eigenvalue weighted by molar-refractivity contribution is 0.0994. The summed E-state index contributed by atoms with van der Waals surface area (Å²) in [6.45, 7) is 6.98. The quantitative estimate of drug-likeness (QED) is 0.788. The zero-order chi connectivity index (χ0) is 11.5. The second-order valence-corrected chi connectivity index (χ2v) is 5.63. The molecule has 3 atom stereocenters. The number of hydrogen-bond donors (Lipinski definition) is 1. The second kappa shape index (κ2) is 5.48. The van der Waals surface area contributed by atoms with E-state index in [2.05, 4.69) is 24.1 Å². The zero-order valence-electron chi connectivity index (χ0n) is 10.9. The summed E-state index contributed by atoms with van der Waals surface area (Å²) >= 11 is 0. The monoisotopic (exact) mass is 226 g/mol. The molecule has 3 unspecified atom stereocenters. The van der Waals surface area contributed by atoms with E-state index >= 15 is 0 Å². The summed E-state index contributed by atoms with van der Waals surface area (Å²) in [5.41, 5.74) is 0. The average molecular weight is 226 g/mol. The predicted octanol–water partition coefficient (Wildman–Crippen LogP) is 1.63. The van der Waals surface area contributed by atoms with Crippen LogP contribution in [0.2, 0.25) is 0 Å². The van der Waals surface area contributed by atoms with Gasteiger partial charge in [-0.25, -0.2) is 0 Å². The van der Waals surface area contributed by atoms with E-state index in [1.165, 1.54) is 38.8 Å². The van der Waals surface area contributed by atoms with Gasteiger partial charge < -0.3 is 10.1 Å². The number of rotatable bonds is 4. The molecule has 1 saturated carbocycles. The Labute approximate surface area is 99.5 Å². The molecule has 1 aliphatic carbocycles. The molecule has 0 amide bonds. The van der Waals surface area contributed by atoms with E-state index in [1.807, 2.05) is 7.11 Å². The molecule has 94 valence electrons. The van der Waals surface area contributed by atoms with E-state index < -0.39 is 0 Å². The molecule has 1 aliphatic heterocycles. The maximum absolute atomic E-state index is 5.45. The first-order valence-corrected chi connectivity index (χ1v) is 6.72. The van der Waals surface area contributed by atoms with Crippen LogP contribution in [0.5, 0.6) is 0 Å². The third-order valence-corrected chi connectivity index (χ3v) is 4.00. The first-order valence-electron chi connectivity index (χ1n) is 6.72. The molecule has 1 N–H and O–H groups in total. The van der Waals surface area contributed by atoms with Crippen LogP contribution in [0.15, 0.2) is 0 Å². The van der Waals surface area contributed by atoms with Gasteiger partial charge in [0.15, 0.2) is 0 Å². The van der Waals surface area contributed by atoms with Crippen LogP contribution in [0, 0.1) is 0 Å². The minimum atomic E-state index is 0.516. The Balaban J connectivity index is 1.76. The Morgan fingerprint density at radius 2 is 2.06 bits per heavy atom. The van der Waals surface area contributed by atoms with Gasteiger partial charge in [0.05, 0.1) is 6.10 Å². The van der Waals surface area contributed by atoms with Crippen molar-refractivity contribution in [2.45, 2.75) is 63.8 Å². The van der Waals surface area contributed by atoms with Crippen LogP contribution < -0.4 is 5.32 Å². The van der Waals surface area contributed by atoms with Crippen LogP contribution in [0.25, 0.3) is 0 Å². The fourth-order valence-electron chi connectivity index (χ4n) is 3.19. The third-order valence-electron chi connectivity index (χ3n) is 4.00. The van der Waals surface area contributed by atoms with Crippen molar-refractivity contribution in [3.05, 3.63) is 0 Å². The number of nitrogens with zero attached hydrogens (tertiary/aromatic N) is 1. The van der Waals surface area contributed by atoms with Crippen molar-refractivity contribution in [3.63, 3.8) is 0 Å². The Morgan fingerprint density at radius 1 is 1.25 bits per heavy atom. The number of likely N-dealkylation sites (tertiary alicyclic amines) is 1. The lowest BCUT2D eigenvalue weighted by atomic mass is 10.2. The molecule has 1 saturated heterocycles. The number of ether oxygens (including phenoxy) is 1. The van der Waals surface area contributed by atoms with Gasteiger partial charge in [0.1, 0.15) is 0 Å². The van der Waals surface area contributed by atoms with E-state index in [9.17, 15) is 0 Å².